The quantitative estimate of drug-likeness (QED) is 0.533. The summed E-state index contributed by atoms with van der Waals surface area (Å²) < 4.78 is 31.6. The van der Waals surface area contributed by atoms with Gasteiger partial charge in [0.1, 0.15) is 5.82 Å². The lowest BCUT2D eigenvalue weighted by Crippen LogP contribution is -2.34. The topological polar surface area (TPSA) is 66.4 Å². The Hall–Kier alpha value is -2.26. The van der Waals surface area contributed by atoms with Crippen LogP contribution in [0.15, 0.2) is 60.0 Å². The van der Waals surface area contributed by atoms with Gasteiger partial charge in [0, 0.05) is 54.6 Å². The molecule has 1 aromatic heterocycles. The molecule has 0 unspecified atom stereocenters. The maximum absolute atomic E-state index is 12.8. The van der Waals surface area contributed by atoms with E-state index in [0.29, 0.717) is 31.1 Å². The Bertz CT molecular complexity index is 1130. The molecule has 162 valence electrons. The number of anilines is 1. The summed E-state index contributed by atoms with van der Waals surface area (Å²) in [5.74, 6) is 0.766. The molecule has 1 aliphatic heterocycles. The summed E-state index contributed by atoms with van der Waals surface area (Å²) in [7, 11) is -3.47. The Morgan fingerprint density at radius 3 is 2.55 bits per heavy atom. The summed E-state index contributed by atoms with van der Waals surface area (Å²) in [6.07, 6.45) is 3.03. The number of hydrogen-bond acceptors (Lipinski definition) is 6. The standard InChI is InChI=1S/C22H23ClN4O2S2/c23-20-9-7-19(8-10-20)17-21-24-22(30-25-21)26-12-4-13-27(15-14-26)31(28,29)16-11-18-5-2-1-3-6-18/h1-3,5-11,16H,4,12-15,17H2. The van der Waals surface area contributed by atoms with E-state index in [9.17, 15) is 8.42 Å². The molecular weight excluding hydrogens is 452 g/mol. The van der Waals surface area contributed by atoms with Crippen LogP contribution < -0.4 is 4.90 Å². The van der Waals surface area contributed by atoms with E-state index in [1.54, 1.807) is 10.4 Å². The predicted octanol–water partition coefficient (Wildman–Crippen LogP) is 4.30. The second-order valence-corrected chi connectivity index (χ2v) is 10.3. The van der Waals surface area contributed by atoms with Crippen LogP contribution in [0.1, 0.15) is 23.4 Å². The van der Waals surface area contributed by atoms with Crippen LogP contribution in [0.5, 0.6) is 0 Å². The fraction of sp³-hybridized carbons (Fsp3) is 0.273. The van der Waals surface area contributed by atoms with Crippen molar-refractivity contribution < 1.29 is 8.42 Å². The van der Waals surface area contributed by atoms with Gasteiger partial charge in [-0.1, -0.05) is 54.1 Å². The van der Waals surface area contributed by atoms with E-state index in [0.717, 1.165) is 35.0 Å². The molecule has 2 heterocycles. The normalized spacial score (nSPS) is 16.0. The van der Waals surface area contributed by atoms with Crippen molar-refractivity contribution in [2.75, 3.05) is 31.1 Å². The van der Waals surface area contributed by atoms with E-state index < -0.39 is 10.0 Å². The van der Waals surface area contributed by atoms with Crippen LogP contribution in [0.25, 0.3) is 6.08 Å². The number of sulfonamides is 1. The number of hydrogen-bond donors (Lipinski definition) is 0. The van der Waals surface area contributed by atoms with Gasteiger partial charge in [-0.3, -0.25) is 0 Å². The largest absolute Gasteiger partial charge is 0.345 e. The molecule has 0 amide bonds. The summed E-state index contributed by atoms with van der Waals surface area (Å²) in [5.41, 5.74) is 1.97. The summed E-state index contributed by atoms with van der Waals surface area (Å²) in [5, 5.41) is 2.84. The van der Waals surface area contributed by atoms with Crippen LogP contribution in [0.2, 0.25) is 5.02 Å². The van der Waals surface area contributed by atoms with E-state index in [4.69, 9.17) is 11.6 Å². The van der Waals surface area contributed by atoms with Gasteiger partial charge in [0.25, 0.3) is 0 Å². The zero-order chi connectivity index (χ0) is 21.7. The van der Waals surface area contributed by atoms with Crippen LogP contribution in [0.4, 0.5) is 5.13 Å². The van der Waals surface area contributed by atoms with Crippen LogP contribution in [0.3, 0.4) is 0 Å². The Labute approximate surface area is 192 Å². The smallest absolute Gasteiger partial charge is 0.236 e. The number of rotatable bonds is 6. The van der Waals surface area contributed by atoms with E-state index in [-0.39, 0.29) is 0 Å². The molecule has 0 saturated carbocycles. The number of benzene rings is 2. The molecule has 0 radical (unpaired) electrons. The first kappa shape index (κ1) is 22.0. The molecular formula is C22H23ClN4O2S2. The molecule has 4 rings (SSSR count). The maximum atomic E-state index is 12.8. The fourth-order valence-electron chi connectivity index (χ4n) is 3.38. The van der Waals surface area contributed by atoms with Gasteiger partial charge in [0.05, 0.1) is 0 Å². The first-order valence-electron chi connectivity index (χ1n) is 10.0. The van der Waals surface area contributed by atoms with Gasteiger partial charge in [-0.15, -0.1) is 0 Å². The third-order valence-electron chi connectivity index (χ3n) is 5.05. The second kappa shape index (κ2) is 9.91. The van der Waals surface area contributed by atoms with Crippen LogP contribution in [-0.4, -0.2) is 48.3 Å². The highest BCUT2D eigenvalue weighted by atomic mass is 35.5. The molecule has 0 N–H and O–H groups in total. The first-order valence-corrected chi connectivity index (χ1v) is 12.7. The highest BCUT2D eigenvalue weighted by Crippen LogP contribution is 2.22. The number of halogens is 1. The van der Waals surface area contributed by atoms with E-state index in [2.05, 4.69) is 14.3 Å². The molecule has 0 atom stereocenters. The lowest BCUT2D eigenvalue weighted by Gasteiger charge is -2.19. The summed E-state index contributed by atoms with van der Waals surface area (Å²) >= 11 is 7.30. The summed E-state index contributed by atoms with van der Waals surface area (Å²) in [6, 6.07) is 17.1. The highest BCUT2D eigenvalue weighted by molar-refractivity contribution is 7.92. The van der Waals surface area contributed by atoms with Gasteiger partial charge in [0.15, 0.2) is 0 Å². The Morgan fingerprint density at radius 1 is 1.00 bits per heavy atom. The minimum Gasteiger partial charge on any atom is -0.345 e. The molecule has 0 spiro atoms. The first-order chi connectivity index (χ1) is 15.0. The molecule has 0 bridgehead atoms. The molecule has 3 aromatic rings. The third-order valence-corrected chi connectivity index (χ3v) is 7.68. The molecule has 6 nitrogen and oxygen atoms in total. The van der Waals surface area contributed by atoms with Gasteiger partial charge in [-0.05, 0) is 35.8 Å². The Balaban J connectivity index is 1.38. The molecule has 2 aromatic carbocycles. The zero-order valence-electron chi connectivity index (χ0n) is 16.9. The van der Waals surface area contributed by atoms with E-state index >= 15 is 0 Å². The lowest BCUT2D eigenvalue weighted by molar-refractivity contribution is 0.440. The molecule has 1 fully saturated rings. The van der Waals surface area contributed by atoms with Crippen LogP contribution >= 0.6 is 23.1 Å². The summed E-state index contributed by atoms with van der Waals surface area (Å²) in [6.45, 7) is 2.26. The van der Waals surface area contributed by atoms with Crippen molar-refractivity contribution in [1.82, 2.24) is 13.7 Å². The Kier molecular flexibility index (Phi) is 7.02. The third kappa shape index (κ3) is 5.92. The second-order valence-electron chi connectivity index (χ2n) is 7.29. The number of aromatic nitrogens is 2. The van der Waals surface area contributed by atoms with Crippen molar-refractivity contribution >= 4 is 44.4 Å². The van der Waals surface area contributed by atoms with E-state index in [1.807, 2.05) is 54.6 Å². The van der Waals surface area contributed by atoms with Crippen molar-refractivity contribution in [2.24, 2.45) is 0 Å². The maximum Gasteiger partial charge on any atom is 0.236 e. The average Bonchev–Trinajstić information content (AvgIpc) is 3.08. The highest BCUT2D eigenvalue weighted by Gasteiger charge is 2.24. The number of nitrogens with zero attached hydrogens (tertiary/aromatic N) is 4. The van der Waals surface area contributed by atoms with Gasteiger partial charge in [-0.2, -0.15) is 8.68 Å². The summed E-state index contributed by atoms with van der Waals surface area (Å²) in [4.78, 5) is 6.80. The SMILES string of the molecule is O=S(=O)(C=Cc1ccccc1)N1CCCN(c2nc(Cc3ccc(Cl)cc3)ns2)CC1. The monoisotopic (exact) mass is 474 g/mol. The lowest BCUT2D eigenvalue weighted by atomic mass is 10.1. The molecule has 9 heteroatoms. The molecule has 0 aliphatic carbocycles. The van der Waals surface area contributed by atoms with Crippen molar-refractivity contribution in [1.29, 1.82) is 0 Å². The minimum atomic E-state index is -3.47. The fourth-order valence-corrected chi connectivity index (χ4v) is 5.47. The van der Waals surface area contributed by atoms with Gasteiger partial charge in [0.2, 0.25) is 15.2 Å². The van der Waals surface area contributed by atoms with E-state index in [1.165, 1.54) is 16.9 Å². The molecule has 1 aliphatic rings. The zero-order valence-corrected chi connectivity index (χ0v) is 19.3. The van der Waals surface area contributed by atoms with Crippen molar-refractivity contribution in [3.05, 3.63) is 82.0 Å². The van der Waals surface area contributed by atoms with Gasteiger partial charge in [-0.25, -0.2) is 13.4 Å². The van der Waals surface area contributed by atoms with Crippen molar-refractivity contribution in [2.45, 2.75) is 12.8 Å². The Morgan fingerprint density at radius 2 is 1.77 bits per heavy atom. The minimum absolute atomic E-state index is 0.424. The van der Waals surface area contributed by atoms with Crippen molar-refractivity contribution in [3.8, 4) is 0 Å². The van der Waals surface area contributed by atoms with Crippen LogP contribution in [0, 0.1) is 0 Å². The van der Waals surface area contributed by atoms with Gasteiger partial charge >= 0.3 is 0 Å². The van der Waals surface area contributed by atoms with Crippen molar-refractivity contribution in [3.63, 3.8) is 0 Å². The van der Waals surface area contributed by atoms with Gasteiger partial charge < -0.3 is 4.90 Å². The van der Waals surface area contributed by atoms with Crippen LogP contribution in [-0.2, 0) is 16.4 Å². The molecule has 1 saturated heterocycles. The predicted molar refractivity (Wildman–Crippen MR) is 127 cm³/mol. The molecule has 31 heavy (non-hydrogen) atoms. The average molecular weight is 475 g/mol.